The highest BCUT2D eigenvalue weighted by molar-refractivity contribution is 7.23. The quantitative estimate of drug-likeness (QED) is 0.354. The Morgan fingerprint density at radius 3 is 2.62 bits per heavy atom. The van der Waals surface area contributed by atoms with Crippen LogP contribution >= 0.6 is 11.3 Å². The van der Waals surface area contributed by atoms with E-state index in [1.54, 1.807) is 0 Å². The van der Waals surface area contributed by atoms with Crippen molar-refractivity contribution in [2.45, 2.75) is 52.0 Å². The van der Waals surface area contributed by atoms with Crippen LogP contribution in [0.1, 0.15) is 46.0 Å². The first kappa shape index (κ1) is 21.8. The third kappa shape index (κ3) is 3.21. The van der Waals surface area contributed by atoms with E-state index in [9.17, 15) is 4.79 Å². The fourth-order valence-corrected chi connectivity index (χ4v) is 6.85. The maximum atomic E-state index is 16.5. The standard InChI is InChI=1S/C26H28F2N4OS/c1-15-8-7-12-30(14-15)22-19-24(21(28)23(20(22)27)31-13-6-5-9-16(31)2)34-26-29-17-10-3-4-11-18(17)32(26)25(19)33/h3-4,10-11,15-16H,5-9,12-14H2,1-2H3. The molecule has 2 aromatic heterocycles. The monoisotopic (exact) mass is 482 g/mol. The van der Waals surface area contributed by atoms with Crippen LogP contribution in [0.4, 0.5) is 20.2 Å². The van der Waals surface area contributed by atoms with E-state index in [1.807, 2.05) is 41.0 Å². The molecule has 0 bridgehead atoms. The number of hydrogen-bond donors (Lipinski definition) is 0. The lowest BCUT2D eigenvalue weighted by Gasteiger charge is -2.38. The molecule has 2 saturated heterocycles. The summed E-state index contributed by atoms with van der Waals surface area (Å²) >= 11 is 1.14. The molecule has 5 nitrogen and oxygen atoms in total. The number of benzene rings is 2. The van der Waals surface area contributed by atoms with Crippen LogP contribution in [-0.2, 0) is 0 Å². The van der Waals surface area contributed by atoms with Crippen molar-refractivity contribution in [1.29, 1.82) is 0 Å². The van der Waals surface area contributed by atoms with E-state index in [1.165, 1.54) is 4.40 Å². The van der Waals surface area contributed by atoms with Crippen molar-refractivity contribution >= 4 is 48.8 Å². The predicted octanol–water partition coefficient (Wildman–Crippen LogP) is 5.96. The predicted molar refractivity (Wildman–Crippen MR) is 136 cm³/mol. The smallest absolute Gasteiger partial charge is 0.268 e. The van der Waals surface area contributed by atoms with Gasteiger partial charge in [0.05, 0.1) is 26.8 Å². The first-order chi connectivity index (χ1) is 16.5. The molecular weight excluding hydrogens is 454 g/mol. The Bertz CT molecular complexity index is 1480. The molecule has 2 atom stereocenters. The molecule has 2 aliphatic heterocycles. The van der Waals surface area contributed by atoms with Gasteiger partial charge in [0, 0.05) is 25.7 Å². The molecule has 0 aliphatic carbocycles. The van der Waals surface area contributed by atoms with Gasteiger partial charge in [0.2, 0.25) is 0 Å². The minimum atomic E-state index is -0.633. The Morgan fingerprint density at radius 2 is 1.82 bits per heavy atom. The van der Waals surface area contributed by atoms with Crippen molar-refractivity contribution in [3.05, 3.63) is 46.3 Å². The topological polar surface area (TPSA) is 40.9 Å². The molecule has 0 amide bonds. The van der Waals surface area contributed by atoms with Gasteiger partial charge in [0.25, 0.3) is 5.56 Å². The summed E-state index contributed by atoms with van der Waals surface area (Å²) in [6.07, 6.45) is 4.84. The van der Waals surface area contributed by atoms with Crippen LogP contribution in [0.25, 0.3) is 26.1 Å². The molecule has 178 valence electrons. The molecular formula is C26H28F2N4OS. The molecule has 0 N–H and O–H groups in total. The van der Waals surface area contributed by atoms with Gasteiger partial charge in [-0.3, -0.25) is 4.79 Å². The minimum absolute atomic E-state index is 0.0176. The van der Waals surface area contributed by atoms with Crippen molar-refractivity contribution in [3.63, 3.8) is 0 Å². The molecule has 8 heteroatoms. The van der Waals surface area contributed by atoms with E-state index in [2.05, 4.69) is 11.9 Å². The molecule has 6 rings (SSSR count). The number of anilines is 2. The molecule has 2 unspecified atom stereocenters. The first-order valence-corrected chi connectivity index (χ1v) is 13.0. The number of fused-ring (bicyclic) bond motifs is 4. The Kier molecular flexibility index (Phi) is 5.24. The van der Waals surface area contributed by atoms with Crippen LogP contribution in [0, 0.1) is 17.6 Å². The molecule has 0 spiro atoms. The zero-order valence-corrected chi connectivity index (χ0v) is 20.3. The van der Waals surface area contributed by atoms with Crippen molar-refractivity contribution in [1.82, 2.24) is 9.38 Å². The molecule has 0 saturated carbocycles. The molecule has 2 fully saturated rings. The number of imidazole rings is 1. The van der Waals surface area contributed by atoms with E-state index < -0.39 is 17.2 Å². The van der Waals surface area contributed by atoms with Gasteiger partial charge < -0.3 is 9.80 Å². The molecule has 4 heterocycles. The number of para-hydroxylation sites is 2. The van der Waals surface area contributed by atoms with Crippen LogP contribution in [0.5, 0.6) is 0 Å². The van der Waals surface area contributed by atoms with Crippen molar-refractivity contribution in [2.75, 3.05) is 29.4 Å². The van der Waals surface area contributed by atoms with Gasteiger partial charge in [-0.15, -0.1) is 0 Å². The lowest BCUT2D eigenvalue weighted by molar-refractivity contribution is 0.439. The number of nitrogens with zero attached hydrogens (tertiary/aromatic N) is 4. The average molecular weight is 483 g/mol. The summed E-state index contributed by atoms with van der Waals surface area (Å²) in [5, 5.41) is 0.137. The van der Waals surface area contributed by atoms with E-state index in [-0.39, 0.29) is 27.5 Å². The number of hydrogen-bond acceptors (Lipinski definition) is 5. The van der Waals surface area contributed by atoms with E-state index in [0.717, 1.165) is 43.4 Å². The number of rotatable bonds is 2. The molecule has 4 aromatic rings. The SMILES string of the molecule is CC1CCCN(c2c(F)c(N3CCCCC3C)c(F)c3sc4nc5ccccc5n4c(=O)c23)C1. The number of piperidine rings is 2. The maximum Gasteiger partial charge on any atom is 0.268 e. The summed E-state index contributed by atoms with van der Waals surface area (Å²) in [5.41, 5.74) is 1.21. The summed E-state index contributed by atoms with van der Waals surface area (Å²) in [5.74, 6) is -0.852. The molecule has 2 aliphatic rings. The van der Waals surface area contributed by atoms with Crippen LogP contribution in [0.15, 0.2) is 29.1 Å². The second-order valence-corrected chi connectivity index (χ2v) is 10.9. The molecule has 34 heavy (non-hydrogen) atoms. The highest BCUT2D eigenvalue weighted by atomic mass is 32.1. The Balaban J connectivity index is 1.73. The van der Waals surface area contributed by atoms with Crippen LogP contribution in [0.3, 0.4) is 0 Å². The summed E-state index contributed by atoms with van der Waals surface area (Å²) in [7, 11) is 0. The Morgan fingerprint density at radius 1 is 1.00 bits per heavy atom. The summed E-state index contributed by atoms with van der Waals surface area (Å²) in [6, 6.07) is 7.41. The normalized spacial score (nSPS) is 21.8. The summed E-state index contributed by atoms with van der Waals surface area (Å²) in [4.78, 5) is 22.8. The zero-order valence-electron chi connectivity index (χ0n) is 19.5. The van der Waals surface area contributed by atoms with Crippen molar-refractivity contribution in [2.24, 2.45) is 5.92 Å². The molecule has 2 aromatic carbocycles. The maximum absolute atomic E-state index is 16.5. The lowest BCUT2D eigenvalue weighted by Crippen LogP contribution is -2.40. The minimum Gasteiger partial charge on any atom is -0.368 e. The summed E-state index contributed by atoms with van der Waals surface area (Å²) in [6.45, 7) is 6.09. The third-order valence-corrected chi connectivity index (χ3v) is 8.53. The highest BCUT2D eigenvalue weighted by Crippen LogP contribution is 2.43. The largest absolute Gasteiger partial charge is 0.368 e. The molecule has 0 radical (unpaired) electrons. The fraction of sp³-hybridized carbons (Fsp3) is 0.462. The van der Waals surface area contributed by atoms with Crippen molar-refractivity contribution < 1.29 is 8.78 Å². The second kappa shape index (κ2) is 8.18. The number of aromatic nitrogens is 2. The van der Waals surface area contributed by atoms with Gasteiger partial charge in [-0.25, -0.2) is 18.2 Å². The first-order valence-electron chi connectivity index (χ1n) is 12.2. The Hall–Kier alpha value is -2.74. The van der Waals surface area contributed by atoms with Crippen LogP contribution < -0.4 is 15.4 Å². The van der Waals surface area contributed by atoms with Gasteiger partial charge in [0.15, 0.2) is 16.6 Å². The van der Waals surface area contributed by atoms with Gasteiger partial charge in [-0.1, -0.05) is 30.4 Å². The van der Waals surface area contributed by atoms with E-state index >= 15 is 8.78 Å². The second-order valence-electron chi connectivity index (χ2n) is 9.89. The van der Waals surface area contributed by atoms with Crippen LogP contribution in [-0.4, -0.2) is 35.1 Å². The van der Waals surface area contributed by atoms with E-state index in [0.29, 0.717) is 41.5 Å². The van der Waals surface area contributed by atoms with Gasteiger partial charge in [-0.2, -0.15) is 0 Å². The van der Waals surface area contributed by atoms with Gasteiger partial charge >= 0.3 is 0 Å². The van der Waals surface area contributed by atoms with Gasteiger partial charge in [-0.05, 0) is 57.1 Å². The third-order valence-electron chi connectivity index (χ3n) is 7.49. The highest BCUT2D eigenvalue weighted by Gasteiger charge is 2.33. The Labute approximate surface area is 200 Å². The zero-order chi connectivity index (χ0) is 23.6. The lowest BCUT2D eigenvalue weighted by atomic mass is 9.98. The fourth-order valence-electron chi connectivity index (χ4n) is 5.78. The average Bonchev–Trinajstić information content (AvgIpc) is 3.20. The van der Waals surface area contributed by atoms with E-state index in [4.69, 9.17) is 0 Å². The number of halogens is 2. The van der Waals surface area contributed by atoms with Gasteiger partial charge in [0.1, 0.15) is 5.69 Å². The van der Waals surface area contributed by atoms with Crippen LogP contribution in [0.2, 0.25) is 0 Å². The summed E-state index contributed by atoms with van der Waals surface area (Å²) < 4.78 is 34.4. The van der Waals surface area contributed by atoms with Crippen molar-refractivity contribution in [3.8, 4) is 0 Å².